The molecule has 2 N–H and O–H groups in total. The van der Waals surface area contributed by atoms with E-state index >= 15 is 0 Å². The maximum Gasteiger partial charge on any atom is 0.347 e. The van der Waals surface area contributed by atoms with E-state index in [0.717, 1.165) is 24.3 Å². The molecule has 10 nitrogen and oxygen atoms in total. The van der Waals surface area contributed by atoms with Crippen LogP contribution in [0.2, 0.25) is 0 Å². The fraction of sp³-hybridized carbons (Fsp3) is 0. The lowest BCUT2D eigenvalue weighted by atomic mass is 9.98. The van der Waals surface area contributed by atoms with Crippen molar-refractivity contribution in [1.29, 1.82) is 0 Å². The minimum absolute atomic E-state index is 0.185. The van der Waals surface area contributed by atoms with Crippen LogP contribution in [0.4, 0.5) is 0 Å². The van der Waals surface area contributed by atoms with E-state index in [1.54, 1.807) is 18.2 Å². The number of carboxylic acids is 2. The largest absolute Gasteiger partial charge is 0.478 e. The standard InChI is InChI=1S/C28H16O10/c29-23(30)17-9-3-5-11-19(17)25(33)37-27(35)21-14-13-15-7-1-2-8-16(15)22(21)28(36)38-26(34)20-12-6-4-10-18(20)24(31)32/h1-14H,(H,29,30)(H,31,32). The van der Waals surface area contributed by atoms with Crippen molar-refractivity contribution in [3.63, 3.8) is 0 Å². The van der Waals surface area contributed by atoms with Crippen molar-refractivity contribution >= 4 is 46.6 Å². The molecule has 0 spiro atoms. The summed E-state index contributed by atoms with van der Waals surface area (Å²) in [6, 6.07) is 19.2. The average Bonchev–Trinajstić information content (AvgIpc) is 2.92. The monoisotopic (exact) mass is 512 g/mol. The number of fused-ring (bicyclic) bond motifs is 1. The molecule has 0 saturated carbocycles. The van der Waals surface area contributed by atoms with Gasteiger partial charge in [0.15, 0.2) is 0 Å². The lowest BCUT2D eigenvalue weighted by Gasteiger charge is -2.12. The second-order valence-corrected chi connectivity index (χ2v) is 7.76. The smallest absolute Gasteiger partial charge is 0.347 e. The maximum absolute atomic E-state index is 13.2. The Labute approximate surface area is 213 Å². The first-order valence-electron chi connectivity index (χ1n) is 10.9. The van der Waals surface area contributed by atoms with E-state index in [1.165, 1.54) is 42.5 Å². The highest BCUT2D eigenvalue weighted by Gasteiger charge is 2.28. The molecule has 0 bridgehead atoms. The number of hydrogen-bond acceptors (Lipinski definition) is 8. The fourth-order valence-electron chi connectivity index (χ4n) is 3.74. The van der Waals surface area contributed by atoms with Crippen LogP contribution in [0.25, 0.3) is 10.8 Å². The number of carbonyl (C=O) groups excluding carboxylic acids is 4. The van der Waals surface area contributed by atoms with Crippen LogP contribution in [0.3, 0.4) is 0 Å². The second-order valence-electron chi connectivity index (χ2n) is 7.76. The van der Waals surface area contributed by atoms with Crippen LogP contribution in [-0.2, 0) is 9.47 Å². The number of hydrogen-bond donors (Lipinski definition) is 2. The lowest BCUT2D eigenvalue weighted by molar-refractivity contribution is 0.0355. The molecule has 0 amide bonds. The molecule has 0 aromatic heterocycles. The number of aromatic carboxylic acids is 2. The third kappa shape index (κ3) is 5.00. The molecule has 4 rings (SSSR count). The fourth-order valence-corrected chi connectivity index (χ4v) is 3.74. The second kappa shape index (κ2) is 10.5. The highest BCUT2D eigenvalue weighted by atomic mass is 16.6. The van der Waals surface area contributed by atoms with Crippen molar-refractivity contribution < 1.29 is 48.5 Å². The van der Waals surface area contributed by atoms with Crippen molar-refractivity contribution in [1.82, 2.24) is 0 Å². The summed E-state index contributed by atoms with van der Waals surface area (Å²) >= 11 is 0. The number of benzene rings is 4. The summed E-state index contributed by atoms with van der Waals surface area (Å²) in [4.78, 5) is 74.4. The van der Waals surface area contributed by atoms with Crippen molar-refractivity contribution in [3.05, 3.63) is 118 Å². The van der Waals surface area contributed by atoms with Crippen LogP contribution in [-0.4, -0.2) is 46.0 Å². The zero-order valence-corrected chi connectivity index (χ0v) is 19.2. The third-order valence-corrected chi connectivity index (χ3v) is 5.48. The van der Waals surface area contributed by atoms with E-state index in [1.807, 2.05) is 0 Å². The van der Waals surface area contributed by atoms with Gasteiger partial charge >= 0.3 is 35.8 Å². The van der Waals surface area contributed by atoms with E-state index < -0.39 is 69.2 Å². The predicted molar refractivity (Wildman–Crippen MR) is 130 cm³/mol. The van der Waals surface area contributed by atoms with Crippen LogP contribution in [0.5, 0.6) is 0 Å². The molecule has 0 aliphatic rings. The van der Waals surface area contributed by atoms with Crippen LogP contribution in [0.15, 0.2) is 84.9 Å². The third-order valence-electron chi connectivity index (χ3n) is 5.48. The van der Waals surface area contributed by atoms with E-state index in [-0.39, 0.29) is 5.39 Å². The molecule has 0 radical (unpaired) electrons. The van der Waals surface area contributed by atoms with Gasteiger partial charge in [-0.25, -0.2) is 28.8 Å². The molecule has 0 fully saturated rings. The Morgan fingerprint density at radius 1 is 0.447 bits per heavy atom. The van der Waals surface area contributed by atoms with E-state index in [0.29, 0.717) is 5.39 Å². The van der Waals surface area contributed by atoms with Gasteiger partial charge in [-0.15, -0.1) is 0 Å². The van der Waals surface area contributed by atoms with Crippen molar-refractivity contribution in [3.8, 4) is 0 Å². The Bertz CT molecular complexity index is 1650. The molecule has 0 atom stereocenters. The quantitative estimate of drug-likeness (QED) is 0.282. The number of rotatable bonds is 6. The molecule has 0 aliphatic carbocycles. The van der Waals surface area contributed by atoms with Gasteiger partial charge in [-0.05, 0) is 41.1 Å². The predicted octanol–water partition coefficient (Wildman–Crippen LogP) is 4.23. The highest BCUT2D eigenvalue weighted by molar-refractivity contribution is 6.18. The average molecular weight is 512 g/mol. The molecule has 0 aliphatic heterocycles. The van der Waals surface area contributed by atoms with Crippen LogP contribution >= 0.6 is 0 Å². The molecule has 0 heterocycles. The van der Waals surface area contributed by atoms with Gasteiger partial charge in [0.05, 0.1) is 33.4 Å². The van der Waals surface area contributed by atoms with Crippen LogP contribution in [0, 0.1) is 0 Å². The van der Waals surface area contributed by atoms with E-state index in [9.17, 15) is 39.0 Å². The van der Waals surface area contributed by atoms with Gasteiger partial charge in [0.2, 0.25) is 0 Å². The summed E-state index contributed by atoms with van der Waals surface area (Å²) in [6.45, 7) is 0. The molecule has 188 valence electrons. The summed E-state index contributed by atoms with van der Waals surface area (Å²) in [7, 11) is 0. The van der Waals surface area contributed by atoms with Crippen LogP contribution < -0.4 is 0 Å². The van der Waals surface area contributed by atoms with Gasteiger partial charge in [0.25, 0.3) is 0 Å². The van der Waals surface area contributed by atoms with E-state index in [4.69, 9.17) is 9.47 Å². The molecule has 38 heavy (non-hydrogen) atoms. The topological polar surface area (TPSA) is 161 Å². The Morgan fingerprint density at radius 3 is 1.39 bits per heavy atom. The normalized spacial score (nSPS) is 10.4. The molecule has 0 unspecified atom stereocenters. The lowest BCUT2D eigenvalue weighted by Crippen LogP contribution is -2.21. The van der Waals surface area contributed by atoms with E-state index in [2.05, 4.69) is 0 Å². The number of carbonyl (C=O) groups is 6. The molecule has 10 heteroatoms. The number of carboxylic acid groups (broad SMARTS) is 2. The molecular weight excluding hydrogens is 496 g/mol. The SMILES string of the molecule is O=C(O)c1ccccc1C(=O)OC(=O)c1ccc2ccccc2c1C(=O)OC(=O)c1ccccc1C(=O)O. The van der Waals surface area contributed by atoms with Gasteiger partial charge in [-0.1, -0.05) is 54.6 Å². The van der Waals surface area contributed by atoms with Crippen molar-refractivity contribution in [2.45, 2.75) is 0 Å². The zero-order valence-electron chi connectivity index (χ0n) is 19.2. The van der Waals surface area contributed by atoms with Gasteiger partial charge < -0.3 is 19.7 Å². The van der Waals surface area contributed by atoms with Crippen LogP contribution in [0.1, 0.15) is 62.1 Å². The summed E-state index contributed by atoms with van der Waals surface area (Å²) in [6.07, 6.45) is 0. The number of ether oxygens (including phenoxy) is 2. The van der Waals surface area contributed by atoms with Gasteiger partial charge in [0, 0.05) is 0 Å². The first-order valence-corrected chi connectivity index (χ1v) is 10.9. The van der Waals surface area contributed by atoms with Gasteiger partial charge in [-0.2, -0.15) is 0 Å². The van der Waals surface area contributed by atoms with Crippen molar-refractivity contribution in [2.75, 3.05) is 0 Å². The Balaban J connectivity index is 1.71. The summed E-state index contributed by atoms with van der Waals surface area (Å²) in [5, 5.41) is 19.3. The number of esters is 4. The first-order chi connectivity index (χ1) is 18.2. The Kier molecular flexibility index (Phi) is 7.06. The minimum atomic E-state index is -1.42. The van der Waals surface area contributed by atoms with Crippen molar-refractivity contribution in [2.24, 2.45) is 0 Å². The molecule has 4 aromatic rings. The maximum atomic E-state index is 13.2. The first kappa shape index (κ1) is 25.5. The highest BCUT2D eigenvalue weighted by Crippen LogP contribution is 2.26. The summed E-state index contributed by atoms with van der Waals surface area (Å²) in [5.41, 5.74) is -2.42. The van der Waals surface area contributed by atoms with Gasteiger partial charge in [-0.3, -0.25) is 0 Å². The molecule has 4 aromatic carbocycles. The summed E-state index contributed by atoms with van der Waals surface area (Å²) in [5.74, 6) is -7.97. The summed E-state index contributed by atoms with van der Waals surface area (Å²) < 4.78 is 9.82. The molecular formula is C28H16O10. The zero-order chi connectivity index (χ0) is 27.4. The Hall–Kier alpha value is -5.64. The van der Waals surface area contributed by atoms with Gasteiger partial charge in [0.1, 0.15) is 0 Å². The minimum Gasteiger partial charge on any atom is -0.478 e. The Morgan fingerprint density at radius 2 is 0.868 bits per heavy atom. The molecule has 0 saturated heterocycles.